The molecule has 0 saturated carbocycles. The van der Waals surface area contributed by atoms with Gasteiger partial charge in [-0.05, 0) is 24.6 Å². The molecule has 1 saturated heterocycles. The molecule has 5 rings (SSSR count). The third kappa shape index (κ3) is 3.04. The van der Waals surface area contributed by atoms with Crippen LogP contribution in [0.2, 0.25) is 0 Å². The van der Waals surface area contributed by atoms with E-state index < -0.39 is 11.1 Å². The number of rotatable bonds is 3. The molecule has 8 heteroatoms. The normalized spacial score (nSPS) is 19.6. The molecular formula is C22H21N5O3. The maximum atomic E-state index is 12.8. The summed E-state index contributed by atoms with van der Waals surface area (Å²) in [6, 6.07) is 11.2. The largest absolute Gasteiger partial charge is 0.338 e. The number of benzene rings is 1. The van der Waals surface area contributed by atoms with Gasteiger partial charge in [0.2, 0.25) is 0 Å². The Bertz CT molecular complexity index is 1230. The topological polar surface area (TPSA) is 90.1 Å². The van der Waals surface area contributed by atoms with Gasteiger partial charge in [-0.15, -0.1) is 0 Å². The predicted molar refractivity (Wildman–Crippen MR) is 109 cm³/mol. The van der Waals surface area contributed by atoms with E-state index >= 15 is 0 Å². The standard InChI is InChI=1S/C22H21N5O3/c1-14-2-4-15(5-3-14)10-27-22(30)21(29)26-12-17-11-25(13-18(17)19(26)24-27)20(28)16-6-8-23-9-7-16/h2-9,17-18H,10-13H2,1H3/t17-,18-/m0/s1. The van der Waals surface area contributed by atoms with Crippen molar-refractivity contribution in [1.82, 2.24) is 24.2 Å². The highest BCUT2D eigenvalue weighted by molar-refractivity contribution is 5.94. The molecule has 2 aromatic heterocycles. The van der Waals surface area contributed by atoms with Crippen molar-refractivity contribution in [2.75, 3.05) is 13.1 Å². The fourth-order valence-electron chi connectivity index (χ4n) is 4.40. The van der Waals surface area contributed by atoms with E-state index in [1.54, 1.807) is 29.4 Å². The first-order valence-corrected chi connectivity index (χ1v) is 9.98. The number of hydrogen-bond donors (Lipinski definition) is 0. The Morgan fingerprint density at radius 3 is 2.47 bits per heavy atom. The van der Waals surface area contributed by atoms with Crippen molar-refractivity contribution in [3.63, 3.8) is 0 Å². The number of amides is 1. The van der Waals surface area contributed by atoms with Crippen LogP contribution in [0.5, 0.6) is 0 Å². The van der Waals surface area contributed by atoms with E-state index in [0.29, 0.717) is 31.0 Å². The SMILES string of the molecule is Cc1ccc(Cn2nc3n(c(=O)c2=O)C[C@@H]2CN(C(=O)c4ccncc4)C[C@H]32)cc1. The molecule has 1 aromatic carbocycles. The minimum Gasteiger partial charge on any atom is -0.338 e. The van der Waals surface area contributed by atoms with Gasteiger partial charge in [0.05, 0.1) is 6.54 Å². The molecule has 0 spiro atoms. The lowest BCUT2D eigenvalue weighted by Crippen LogP contribution is -2.44. The number of carbonyl (C=O) groups excluding carboxylic acids is 1. The first-order chi connectivity index (χ1) is 14.5. The molecule has 0 bridgehead atoms. The molecule has 152 valence electrons. The molecular weight excluding hydrogens is 382 g/mol. The van der Waals surface area contributed by atoms with Crippen LogP contribution in [-0.2, 0) is 13.1 Å². The first-order valence-electron chi connectivity index (χ1n) is 9.98. The lowest BCUT2D eigenvalue weighted by molar-refractivity contribution is 0.0782. The van der Waals surface area contributed by atoms with Crippen LogP contribution >= 0.6 is 0 Å². The van der Waals surface area contributed by atoms with Crippen LogP contribution in [0, 0.1) is 12.8 Å². The molecule has 2 aliphatic heterocycles. The second kappa shape index (κ2) is 7.05. The summed E-state index contributed by atoms with van der Waals surface area (Å²) >= 11 is 0. The van der Waals surface area contributed by atoms with Crippen LogP contribution in [0.4, 0.5) is 0 Å². The molecule has 8 nitrogen and oxygen atoms in total. The Morgan fingerprint density at radius 2 is 1.73 bits per heavy atom. The quantitative estimate of drug-likeness (QED) is 0.609. The summed E-state index contributed by atoms with van der Waals surface area (Å²) in [5.41, 5.74) is 1.49. The highest BCUT2D eigenvalue weighted by Gasteiger charge is 2.44. The van der Waals surface area contributed by atoms with Gasteiger partial charge in [0.1, 0.15) is 5.82 Å². The Labute approximate surface area is 172 Å². The number of fused-ring (bicyclic) bond motifs is 3. The lowest BCUT2D eigenvalue weighted by atomic mass is 10.00. The summed E-state index contributed by atoms with van der Waals surface area (Å²) in [5, 5.41) is 4.56. The highest BCUT2D eigenvalue weighted by atomic mass is 16.2. The predicted octanol–water partition coefficient (Wildman–Crippen LogP) is 1.03. The fourth-order valence-corrected chi connectivity index (χ4v) is 4.40. The van der Waals surface area contributed by atoms with Gasteiger partial charge in [-0.3, -0.25) is 23.9 Å². The lowest BCUT2D eigenvalue weighted by Gasteiger charge is -2.18. The van der Waals surface area contributed by atoms with E-state index in [9.17, 15) is 14.4 Å². The third-order valence-corrected chi connectivity index (χ3v) is 6.02. The Morgan fingerprint density at radius 1 is 1.00 bits per heavy atom. The van der Waals surface area contributed by atoms with Crippen LogP contribution in [0.3, 0.4) is 0 Å². The van der Waals surface area contributed by atoms with Gasteiger partial charge in [0, 0.05) is 49.4 Å². The first kappa shape index (κ1) is 18.5. The molecule has 1 fully saturated rings. The van der Waals surface area contributed by atoms with Crippen molar-refractivity contribution in [1.29, 1.82) is 0 Å². The summed E-state index contributed by atoms with van der Waals surface area (Å²) in [5.74, 6) is 0.592. The highest BCUT2D eigenvalue weighted by Crippen LogP contribution is 2.37. The minimum absolute atomic E-state index is 0.0475. The summed E-state index contributed by atoms with van der Waals surface area (Å²) < 4.78 is 2.76. The molecule has 0 N–H and O–H groups in total. The third-order valence-electron chi connectivity index (χ3n) is 6.02. The molecule has 1 amide bonds. The number of nitrogens with zero attached hydrogens (tertiary/aromatic N) is 5. The second-order valence-corrected chi connectivity index (χ2v) is 8.03. The number of likely N-dealkylation sites (tertiary alicyclic amines) is 1. The van der Waals surface area contributed by atoms with Crippen molar-refractivity contribution in [3.05, 3.63) is 92.0 Å². The molecule has 4 heterocycles. The molecule has 2 aliphatic rings. The van der Waals surface area contributed by atoms with Crippen LogP contribution in [0.1, 0.15) is 33.2 Å². The van der Waals surface area contributed by atoms with Gasteiger partial charge in [-0.25, -0.2) is 4.68 Å². The number of aryl methyl sites for hydroxylation is 1. The van der Waals surface area contributed by atoms with Crippen molar-refractivity contribution in [3.8, 4) is 0 Å². The molecule has 0 radical (unpaired) electrons. The zero-order valence-electron chi connectivity index (χ0n) is 16.6. The molecule has 0 aliphatic carbocycles. The second-order valence-electron chi connectivity index (χ2n) is 8.03. The van der Waals surface area contributed by atoms with E-state index in [1.807, 2.05) is 31.2 Å². The Kier molecular flexibility index (Phi) is 4.34. The van der Waals surface area contributed by atoms with E-state index in [4.69, 9.17) is 0 Å². The average Bonchev–Trinajstić information content (AvgIpc) is 3.32. The maximum Gasteiger partial charge on any atom is 0.332 e. The van der Waals surface area contributed by atoms with Crippen molar-refractivity contribution < 1.29 is 4.79 Å². The van der Waals surface area contributed by atoms with Crippen LogP contribution in [0.15, 0.2) is 58.4 Å². The van der Waals surface area contributed by atoms with Gasteiger partial charge in [-0.1, -0.05) is 29.8 Å². The summed E-state index contributed by atoms with van der Waals surface area (Å²) in [7, 11) is 0. The van der Waals surface area contributed by atoms with Crippen LogP contribution in [0.25, 0.3) is 0 Å². The van der Waals surface area contributed by atoms with E-state index in [2.05, 4.69) is 10.1 Å². The smallest absolute Gasteiger partial charge is 0.332 e. The van der Waals surface area contributed by atoms with Crippen LogP contribution < -0.4 is 11.1 Å². The van der Waals surface area contributed by atoms with E-state index in [1.165, 1.54) is 9.25 Å². The van der Waals surface area contributed by atoms with E-state index in [0.717, 1.165) is 11.1 Å². The summed E-state index contributed by atoms with van der Waals surface area (Å²) in [4.78, 5) is 43.8. The van der Waals surface area contributed by atoms with Crippen molar-refractivity contribution in [2.24, 2.45) is 5.92 Å². The fraction of sp³-hybridized carbons (Fsp3) is 0.318. The number of pyridine rings is 1. The average molecular weight is 403 g/mol. The monoisotopic (exact) mass is 403 g/mol. The van der Waals surface area contributed by atoms with Gasteiger partial charge in [0.25, 0.3) is 5.91 Å². The van der Waals surface area contributed by atoms with Gasteiger partial charge in [0.15, 0.2) is 0 Å². The van der Waals surface area contributed by atoms with Gasteiger partial charge in [-0.2, -0.15) is 5.10 Å². The number of aromatic nitrogens is 4. The number of carbonyl (C=O) groups is 1. The zero-order valence-corrected chi connectivity index (χ0v) is 16.6. The number of hydrogen-bond acceptors (Lipinski definition) is 5. The van der Waals surface area contributed by atoms with Gasteiger partial charge < -0.3 is 4.90 Å². The molecule has 2 atom stereocenters. The molecule has 30 heavy (non-hydrogen) atoms. The summed E-state index contributed by atoms with van der Waals surface area (Å²) in [6.07, 6.45) is 3.20. The maximum absolute atomic E-state index is 12.8. The Balaban J connectivity index is 1.44. The Hall–Kier alpha value is -3.55. The van der Waals surface area contributed by atoms with E-state index in [-0.39, 0.29) is 24.3 Å². The van der Waals surface area contributed by atoms with Crippen molar-refractivity contribution >= 4 is 5.91 Å². The minimum atomic E-state index is -0.607. The van der Waals surface area contributed by atoms with Crippen molar-refractivity contribution in [2.45, 2.75) is 25.9 Å². The zero-order chi connectivity index (χ0) is 20.8. The molecule has 3 aromatic rings. The summed E-state index contributed by atoms with van der Waals surface area (Å²) in [6.45, 7) is 3.70. The van der Waals surface area contributed by atoms with Crippen LogP contribution in [-0.4, -0.2) is 43.2 Å². The molecule has 0 unspecified atom stereocenters. The van der Waals surface area contributed by atoms with Gasteiger partial charge >= 0.3 is 11.1 Å².